The summed E-state index contributed by atoms with van der Waals surface area (Å²) in [5.41, 5.74) is 0. The number of esters is 2. The summed E-state index contributed by atoms with van der Waals surface area (Å²) in [5, 5.41) is 0. The first-order chi connectivity index (χ1) is 12.2. The fourth-order valence-electron chi connectivity index (χ4n) is 6.47. The average Bonchev–Trinajstić information content (AvgIpc) is 3.44. The zero-order valence-electron chi connectivity index (χ0n) is 14.2. The summed E-state index contributed by atoms with van der Waals surface area (Å²) in [6, 6.07) is 0. The van der Waals surface area contributed by atoms with Crippen LogP contribution < -0.4 is 0 Å². The van der Waals surface area contributed by atoms with Gasteiger partial charge in [-0.25, -0.2) is 0 Å². The molecule has 6 nitrogen and oxygen atoms in total. The van der Waals surface area contributed by atoms with Gasteiger partial charge in [0.15, 0.2) is 0 Å². The third-order valence-corrected chi connectivity index (χ3v) is 7.67. The van der Waals surface area contributed by atoms with E-state index in [2.05, 4.69) is 0 Å². The van der Waals surface area contributed by atoms with Gasteiger partial charge in [0.05, 0.1) is 37.6 Å². The maximum Gasteiger partial charge on any atom is 0.317 e. The number of carbonyl (C=O) groups is 2. The molecular formula is C19H24O6. The molecule has 0 aromatic rings. The van der Waals surface area contributed by atoms with E-state index in [9.17, 15) is 9.59 Å². The Morgan fingerprint density at radius 2 is 1.20 bits per heavy atom. The van der Waals surface area contributed by atoms with Crippen molar-refractivity contribution in [2.24, 2.45) is 35.5 Å². The van der Waals surface area contributed by atoms with Crippen LogP contribution in [-0.2, 0) is 28.5 Å². The van der Waals surface area contributed by atoms with Crippen molar-refractivity contribution in [2.45, 2.75) is 56.5 Å². The van der Waals surface area contributed by atoms with Crippen LogP contribution >= 0.6 is 0 Å². The summed E-state index contributed by atoms with van der Waals surface area (Å²) >= 11 is 0. The predicted molar refractivity (Wildman–Crippen MR) is 83.3 cm³/mol. The lowest BCUT2D eigenvalue weighted by Gasteiger charge is -2.20. The van der Waals surface area contributed by atoms with E-state index in [0.717, 1.165) is 12.8 Å². The first kappa shape index (κ1) is 15.0. The number of fused-ring (bicyclic) bond motifs is 10. The molecule has 2 heterocycles. The molecule has 4 aliphatic carbocycles. The Kier molecular flexibility index (Phi) is 3.11. The van der Waals surface area contributed by atoms with E-state index in [-0.39, 0.29) is 6.42 Å². The molecule has 6 aliphatic rings. The van der Waals surface area contributed by atoms with Crippen molar-refractivity contribution in [1.29, 1.82) is 0 Å². The molecule has 6 rings (SSSR count). The van der Waals surface area contributed by atoms with Gasteiger partial charge in [0.1, 0.15) is 6.42 Å². The van der Waals surface area contributed by atoms with Crippen LogP contribution in [0.2, 0.25) is 0 Å². The van der Waals surface area contributed by atoms with Crippen molar-refractivity contribution in [2.75, 3.05) is 13.2 Å². The van der Waals surface area contributed by atoms with Crippen LogP contribution in [0.15, 0.2) is 0 Å². The summed E-state index contributed by atoms with van der Waals surface area (Å²) < 4.78 is 22.0. The Morgan fingerprint density at radius 3 is 1.60 bits per heavy atom. The van der Waals surface area contributed by atoms with Gasteiger partial charge in [-0.3, -0.25) is 9.59 Å². The smallest absolute Gasteiger partial charge is 0.317 e. The number of rotatable bonds is 6. The summed E-state index contributed by atoms with van der Waals surface area (Å²) in [4.78, 5) is 23.8. The summed E-state index contributed by atoms with van der Waals surface area (Å²) in [5.74, 6) is 2.35. The summed E-state index contributed by atoms with van der Waals surface area (Å²) in [6.45, 7) is 0.847. The topological polar surface area (TPSA) is 77.7 Å². The Morgan fingerprint density at radius 1 is 0.720 bits per heavy atom. The second kappa shape index (κ2) is 5.19. The first-order valence-corrected chi connectivity index (χ1v) is 9.79. The van der Waals surface area contributed by atoms with E-state index < -0.39 is 11.9 Å². The molecule has 10 unspecified atom stereocenters. The molecular weight excluding hydrogens is 324 g/mol. The lowest BCUT2D eigenvalue weighted by atomic mass is 9.89. The normalized spacial score (nSPS) is 52.6. The van der Waals surface area contributed by atoms with Gasteiger partial charge in [-0.2, -0.15) is 0 Å². The Hall–Kier alpha value is -1.14. The molecule has 0 N–H and O–H groups in total. The van der Waals surface area contributed by atoms with Gasteiger partial charge in [0.25, 0.3) is 0 Å². The van der Waals surface area contributed by atoms with Gasteiger partial charge in [-0.1, -0.05) is 0 Å². The third-order valence-electron chi connectivity index (χ3n) is 7.67. The Bertz CT molecular complexity index is 567. The van der Waals surface area contributed by atoms with E-state index in [1.807, 2.05) is 0 Å². The fraction of sp³-hybridized carbons (Fsp3) is 0.895. The first-order valence-electron chi connectivity index (χ1n) is 9.79. The minimum absolute atomic E-state index is 0.271. The molecule has 2 aliphatic heterocycles. The second-order valence-electron chi connectivity index (χ2n) is 8.98. The van der Waals surface area contributed by atoms with Gasteiger partial charge in [-0.05, 0) is 61.2 Å². The number of hydrogen-bond acceptors (Lipinski definition) is 6. The number of ether oxygens (including phenoxy) is 4. The SMILES string of the molecule is O=C(CC(=O)OCC1CC2CC1C1OC21)OCC1CC2CC1C1OC21. The molecule has 4 bridgehead atoms. The highest BCUT2D eigenvalue weighted by atomic mass is 16.6. The lowest BCUT2D eigenvalue weighted by Crippen LogP contribution is -2.26. The molecule has 136 valence electrons. The second-order valence-corrected chi connectivity index (χ2v) is 8.98. The number of epoxide rings is 2. The average molecular weight is 348 g/mol. The predicted octanol–water partition coefficient (Wildman–Crippen LogP) is 1.31. The van der Waals surface area contributed by atoms with Crippen molar-refractivity contribution >= 4 is 11.9 Å². The molecule has 0 aromatic carbocycles. The van der Waals surface area contributed by atoms with Crippen LogP contribution in [0.25, 0.3) is 0 Å². The van der Waals surface area contributed by atoms with Gasteiger partial charge in [0.2, 0.25) is 0 Å². The van der Waals surface area contributed by atoms with E-state index in [0.29, 0.717) is 73.1 Å². The fourth-order valence-corrected chi connectivity index (χ4v) is 6.47. The molecule has 2 saturated heterocycles. The molecule has 6 fully saturated rings. The van der Waals surface area contributed by atoms with Crippen molar-refractivity contribution < 1.29 is 28.5 Å². The maximum absolute atomic E-state index is 11.9. The standard InChI is InChI=1S/C19H24O6/c20-14(22-6-10-1-8-3-12(10)18-16(8)24-18)5-15(21)23-7-11-2-9-4-13(11)19-17(9)25-19/h8-13,16-19H,1-7H2. The van der Waals surface area contributed by atoms with Crippen molar-refractivity contribution in [3.63, 3.8) is 0 Å². The summed E-state index contributed by atoms with van der Waals surface area (Å²) in [7, 11) is 0. The van der Waals surface area contributed by atoms with Crippen LogP contribution in [0.1, 0.15) is 32.1 Å². The van der Waals surface area contributed by atoms with Gasteiger partial charge in [-0.15, -0.1) is 0 Å². The molecule has 4 saturated carbocycles. The molecule has 10 atom stereocenters. The Balaban J connectivity index is 0.922. The zero-order valence-corrected chi connectivity index (χ0v) is 14.2. The number of carbonyl (C=O) groups excluding carboxylic acids is 2. The van der Waals surface area contributed by atoms with Crippen LogP contribution in [-0.4, -0.2) is 49.6 Å². The minimum atomic E-state index is -0.459. The third kappa shape index (κ3) is 2.36. The highest BCUT2D eigenvalue weighted by molar-refractivity contribution is 5.91. The monoisotopic (exact) mass is 348 g/mol. The quantitative estimate of drug-likeness (QED) is 0.409. The lowest BCUT2D eigenvalue weighted by molar-refractivity contribution is -0.156. The van der Waals surface area contributed by atoms with E-state index in [1.165, 1.54) is 12.8 Å². The van der Waals surface area contributed by atoms with Crippen LogP contribution in [0, 0.1) is 35.5 Å². The highest BCUT2D eigenvalue weighted by Gasteiger charge is 2.64. The molecule has 0 amide bonds. The zero-order chi connectivity index (χ0) is 16.7. The van der Waals surface area contributed by atoms with Crippen molar-refractivity contribution in [3.8, 4) is 0 Å². The molecule has 25 heavy (non-hydrogen) atoms. The van der Waals surface area contributed by atoms with Gasteiger partial charge >= 0.3 is 11.9 Å². The van der Waals surface area contributed by atoms with Crippen LogP contribution in [0.3, 0.4) is 0 Å². The van der Waals surface area contributed by atoms with Crippen molar-refractivity contribution in [3.05, 3.63) is 0 Å². The largest absolute Gasteiger partial charge is 0.465 e. The summed E-state index contributed by atoms with van der Waals surface area (Å²) in [6.07, 6.45) is 6.18. The molecule has 6 heteroatoms. The van der Waals surface area contributed by atoms with Crippen LogP contribution in [0.5, 0.6) is 0 Å². The number of hydrogen-bond donors (Lipinski definition) is 0. The molecule has 0 aromatic heterocycles. The van der Waals surface area contributed by atoms with Gasteiger partial charge in [0, 0.05) is 0 Å². The van der Waals surface area contributed by atoms with Crippen LogP contribution in [0.4, 0.5) is 0 Å². The maximum atomic E-state index is 11.9. The Labute approximate surface area is 146 Å². The highest BCUT2D eigenvalue weighted by Crippen LogP contribution is 2.59. The minimum Gasteiger partial charge on any atom is -0.465 e. The van der Waals surface area contributed by atoms with Gasteiger partial charge < -0.3 is 18.9 Å². The van der Waals surface area contributed by atoms with E-state index in [1.54, 1.807) is 0 Å². The van der Waals surface area contributed by atoms with E-state index in [4.69, 9.17) is 18.9 Å². The van der Waals surface area contributed by atoms with Crippen molar-refractivity contribution in [1.82, 2.24) is 0 Å². The molecule has 0 spiro atoms. The molecule has 0 radical (unpaired) electrons. The van der Waals surface area contributed by atoms with E-state index >= 15 is 0 Å².